The molecule has 0 spiro atoms. The van der Waals surface area contributed by atoms with Crippen LogP contribution in [0.1, 0.15) is 37.0 Å². The van der Waals surface area contributed by atoms with Crippen LogP contribution < -0.4 is 25.2 Å². The van der Waals surface area contributed by atoms with Crippen molar-refractivity contribution in [2.24, 2.45) is 0 Å². The molecule has 0 radical (unpaired) electrons. The third-order valence-electron chi connectivity index (χ3n) is 5.00. The Bertz CT molecular complexity index is 973. The highest BCUT2D eigenvalue weighted by Crippen LogP contribution is 2.31. The van der Waals surface area contributed by atoms with Crippen LogP contribution >= 0.6 is 0 Å². The first-order valence-electron chi connectivity index (χ1n) is 10.4. The zero-order valence-electron chi connectivity index (χ0n) is 18.0. The fraction of sp³-hybridized carbons (Fsp3) is 0.364. The number of rotatable bonds is 8. The number of nitrogens with one attached hydrogen (secondary N) is 2. The number of anilines is 1. The minimum absolute atomic E-state index is 0.0695. The Morgan fingerprint density at radius 3 is 2.38 bits per heavy atom. The summed E-state index contributed by atoms with van der Waals surface area (Å²) in [6.45, 7) is 5.45. The van der Waals surface area contributed by atoms with Crippen LogP contribution in [0.15, 0.2) is 42.5 Å². The number of hydrogen-bond donors (Lipinski definition) is 2. The fourth-order valence-corrected chi connectivity index (χ4v) is 3.37. The molecule has 2 amide bonds. The van der Waals surface area contributed by atoms with Crippen molar-refractivity contribution in [2.75, 3.05) is 24.6 Å². The van der Waals surface area contributed by atoms with Gasteiger partial charge in [0.15, 0.2) is 6.10 Å². The van der Waals surface area contributed by atoms with Gasteiger partial charge in [-0.15, -0.1) is 0 Å². The highest BCUT2D eigenvalue weighted by atomic mass is 16.6. The second-order valence-electron chi connectivity index (χ2n) is 7.26. The van der Waals surface area contributed by atoms with Gasteiger partial charge in [0.25, 0.3) is 17.5 Å². The summed E-state index contributed by atoms with van der Waals surface area (Å²) in [5.74, 6) is -0.0808. The van der Waals surface area contributed by atoms with E-state index in [0.717, 1.165) is 25.9 Å². The number of ether oxygens (including phenoxy) is 2. The van der Waals surface area contributed by atoms with Gasteiger partial charge >= 0.3 is 0 Å². The van der Waals surface area contributed by atoms with E-state index in [1.165, 1.54) is 19.1 Å². The number of nitrogens with zero attached hydrogens (tertiary/aromatic N) is 2. The number of carbonyl (C=O) groups is 2. The Kier molecular flexibility index (Phi) is 7.48. The maximum atomic E-state index is 12.4. The molecule has 1 aliphatic rings. The molecule has 2 N–H and O–H groups in total. The van der Waals surface area contributed by atoms with Crippen LogP contribution in [0.3, 0.4) is 0 Å². The molecule has 0 bridgehead atoms. The van der Waals surface area contributed by atoms with E-state index in [1.54, 1.807) is 30.3 Å². The molecule has 1 saturated heterocycles. The van der Waals surface area contributed by atoms with Crippen molar-refractivity contribution < 1.29 is 24.0 Å². The van der Waals surface area contributed by atoms with Crippen molar-refractivity contribution in [3.8, 4) is 11.5 Å². The van der Waals surface area contributed by atoms with Crippen LogP contribution in [0, 0.1) is 10.1 Å². The minimum Gasteiger partial charge on any atom is -0.494 e. The van der Waals surface area contributed by atoms with Crippen LogP contribution in [0.5, 0.6) is 11.5 Å². The normalized spacial score (nSPS) is 13.9. The third kappa shape index (κ3) is 5.65. The second-order valence-corrected chi connectivity index (χ2v) is 7.26. The number of nitro benzene ring substituents is 1. The summed E-state index contributed by atoms with van der Waals surface area (Å²) < 4.78 is 10.9. The van der Waals surface area contributed by atoms with Crippen LogP contribution in [-0.4, -0.2) is 42.5 Å². The van der Waals surface area contributed by atoms with Gasteiger partial charge in [-0.1, -0.05) is 0 Å². The molecule has 0 aliphatic carbocycles. The number of carbonyl (C=O) groups excluding carboxylic acids is 2. The molecule has 2 aromatic rings. The average Bonchev–Trinajstić information content (AvgIpc) is 3.33. The molecule has 3 rings (SSSR count). The van der Waals surface area contributed by atoms with E-state index in [2.05, 4.69) is 10.9 Å². The SMILES string of the molecule is CCOc1ccc(OC(C)C(=O)NNC(=O)c2ccc(N3CCCC3)c([N+](=O)[O-])c2)cc1. The van der Waals surface area contributed by atoms with Gasteiger partial charge in [0.05, 0.1) is 11.5 Å². The van der Waals surface area contributed by atoms with Crippen LogP contribution in [0.2, 0.25) is 0 Å². The molecular weight excluding hydrogens is 416 g/mol. The predicted molar refractivity (Wildman–Crippen MR) is 118 cm³/mol. The van der Waals surface area contributed by atoms with Gasteiger partial charge in [0.2, 0.25) is 0 Å². The molecule has 1 heterocycles. The molecule has 1 unspecified atom stereocenters. The van der Waals surface area contributed by atoms with Gasteiger partial charge in [0.1, 0.15) is 17.2 Å². The summed E-state index contributed by atoms with van der Waals surface area (Å²) >= 11 is 0. The second kappa shape index (κ2) is 10.5. The van der Waals surface area contributed by atoms with Crippen molar-refractivity contribution in [3.05, 3.63) is 58.1 Å². The standard InChI is InChI=1S/C22H26N4O6/c1-3-31-17-7-9-18(10-8-17)32-15(2)21(27)23-24-22(28)16-6-11-19(20(14-16)26(29)30)25-12-4-5-13-25/h6-11,14-15H,3-5,12-13H2,1-2H3,(H,23,27)(H,24,28). The molecule has 1 aliphatic heterocycles. The number of amides is 2. The van der Waals surface area contributed by atoms with Gasteiger partial charge in [-0.25, -0.2) is 0 Å². The predicted octanol–water partition coefficient (Wildman–Crippen LogP) is 2.82. The van der Waals surface area contributed by atoms with Crippen molar-refractivity contribution in [1.82, 2.24) is 10.9 Å². The molecule has 0 aromatic heterocycles. The number of nitro groups is 1. The number of hydrogen-bond acceptors (Lipinski definition) is 7. The van der Waals surface area contributed by atoms with Gasteiger partial charge in [-0.3, -0.25) is 30.6 Å². The average molecular weight is 442 g/mol. The third-order valence-corrected chi connectivity index (χ3v) is 5.00. The monoisotopic (exact) mass is 442 g/mol. The van der Waals surface area contributed by atoms with E-state index in [-0.39, 0.29) is 11.3 Å². The Morgan fingerprint density at radius 2 is 1.75 bits per heavy atom. The summed E-state index contributed by atoms with van der Waals surface area (Å²) in [5, 5.41) is 11.5. The molecule has 1 atom stereocenters. The molecule has 10 heteroatoms. The summed E-state index contributed by atoms with van der Waals surface area (Å²) in [6, 6.07) is 11.1. The Balaban J connectivity index is 1.57. The first-order valence-corrected chi connectivity index (χ1v) is 10.4. The lowest BCUT2D eigenvalue weighted by atomic mass is 10.1. The van der Waals surface area contributed by atoms with Crippen LogP contribution in [-0.2, 0) is 4.79 Å². The van der Waals surface area contributed by atoms with Crippen molar-refractivity contribution in [1.29, 1.82) is 0 Å². The lowest BCUT2D eigenvalue weighted by Gasteiger charge is -2.18. The molecule has 0 saturated carbocycles. The largest absolute Gasteiger partial charge is 0.494 e. The number of hydrazine groups is 1. The topological polar surface area (TPSA) is 123 Å². The Hall–Kier alpha value is -3.82. The first-order chi connectivity index (χ1) is 15.4. The lowest BCUT2D eigenvalue weighted by molar-refractivity contribution is -0.384. The summed E-state index contributed by atoms with van der Waals surface area (Å²) in [6.07, 6.45) is 1.06. The highest BCUT2D eigenvalue weighted by Gasteiger charge is 2.24. The maximum Gasteiger partial charge on any atom is 0.293 e. The molecular formula is C22H26N4O6. The van der Waals surface area contributed by atoms with E-state index in [4.69, 9.17) is 9.47 Å². The van der Waals surface area contributed by atoms with Crippen molar-refractivity contribution in [3.63, 3.8) is 0 Å². The Morgan fingerprint density at radius 1 is 1.09 bits per heavy atom. The van der Waals surface area contributed by atoms with E-state index in [1.807, 2.05) is 11.8 Å². The molecule has 170 valence electrons. The Labute approximate surface area is 185 Å². The fourth-order valence-electron chi connectivity index (χ4n) is 3.37. The number of benzene rings is 2. The van der Waals surface area contributed by atoms with Gasteiger partial charge in [-0.05, 0) is 63.1 Å². The lowest BCUT2D eigenvalue weighted by Crippen LogP contribution is -2.47. The zero-order chi connectivity index (χ0) is 23.1. The molecule has 2 aromatic carbocycles. The summed E-state index contributed by atoms with van der Waals surface area (Å²) in [7, 11) is 0. The van der Waals surface area contributed by atoms with E-state index >= 15 is 0 Å². The van der Waals surface area contributed by atoms with E-state index in [0.29, 0.717) is 23.8 Å². The van der Waals surface area contributed by atoms with E-state index in [9.17, 15) is 19.7 Å². The van der Waals surface area contributed by atoms with Crippen LogP contribution in [0.25, 0.3) is 0 Å². The zero-order valence-corrected chi connectivity index (χ0v) is 18.0. The maximum absolute atomic E-state index is 12.4. The van der Waals surface area contributed by atoms with Crippen molar-refractivity contribution in [2.45, 2.75) is 32.8 Å². The van der Waals surface area contributed by atoms with E-state index < -0.39 is 22.8 Å². The van der Waals surface area contributed by atoms with Gasteiger partial charge < -0.3 is 14.4 Å². The van der Waals surface area contributed by atoms with Crippen LogP contribution in [0.4, 0.5) is 11.4 Å². The van der Waals surface area contributed by atoms with Gasteiger partial charge in [0, 0.05) is 24.7 Å². The van der Waals surface area contributed by atoms with Gasteiger partial charge in [-0.2, -0.15) is 0 Å². The minimum atomic E-state index is -0.889. The highest BCUT2D eigenvalue weighted by molar-refractivity contribution is 5.97. The quantitative estimate of drug-likeness (QED) is 0.476. The van der Waals surface area contributed by atoms with Crippen molar-refractivity contribution >= 4 is 23.2 Å². The molecule has 1 fully saturated rings. The summed E-state index contributed by atoms with van der Waals surface area (Å²) in [4.78, 5) is 37.6. The molecule has 10 nitrogen and oxygen atoms in total. The first kappa shape index (κ1) is 22.9. The smallest absolute Gasteiger partial charge is 0.293 e. The molecule has 32 heavy (non-hydrogen) atoms. The summed E-state index contributed by atoms with van der Waals surface area (Å²) in [5.41, 5.74) is 4.97.